The monoisotopic (exact) mass is 271 g/mol. The summed E-state index contributed by atoms with van der Waals surface area (Å²) in [5, 5.41) is 0. The molecule has 0 aromatic heterocycles. The first-order chi connectivity index (χ1) is 8.55. The van der Waals surface area contributed by atoms with E-state index in [1.807, 2.05) is 30.3 Å². The van der Waals surface area contributed by atoms with Gasteiger partial charge in [-0.2, -0.15) is 12.7 Å². The van der Waals surface area contributed by atoms with Crippen molar-refractivity contribution in [3.8, 4) is 0 Å². The number of benzene rings is 1. The number of rotatable bonds is 4. The molecule has 0 radical (unpaired) electrons. The fourth-order valence-electron chi connectivity index (χ4n) is 2.02. The molecule has 1 N–H and O–H groups in total. The van der Waals surface area contributed by atoms with E-state index in [4.69, 9.17) is 9.29 Å². The molecule has 1 aliphatic heterocycles. The summed E-state index contributed by atoms with van der Waals surface area (Å²) < 4.78 is 37.5. The van der Waals surface area contributed by atoms with Gasteiger partial charge in [-0.15, -0.1) is 0 Å². The predicted octanol–water partition coefficient (Wildman–Crippen LogP) is 1.47. The minimum Gasteiger partial charge on any atom is -0.373 e. The average molecular weight is 271 g/mol. The molecule has 0 amide bonds. The van der Waals surface area contributed by atoms with Crippen LogP contribution < -0.4 is 0 Å². The summed E-state index contributed by atoms with van der Waals surface area (Å²) in [7, 11) is -4.04. The van der Waals surface area contributed by atoms with Crippen LogP contribution in [0.25, 0.3) is 0 Å². The lowest BCUT2D eigenvalue weighted by Crippen LogP contribution is -2.40. The number of hydrogen-bond donors (Lipinski definition) is 1. The zero-order chi connectivity index (χ0) is 13.0. The molecular formula is C12H17NO4S. The molecule has 2 rings (SSSR count). The summed E-state index contributed by atoms with van der Waals surface area (Å²) in [4.78, 5) is 0. The SMILES string of the molecule is O=S(=O)(O)N1CCC(OCc2ccccc2)CC1. The minimum absolute atomic E-state index is 0.0585. The van der Waals surface area contributed by atoms with E-state index in [1.54, 1.807) is 0 Å². The van der Waals surface area contributed by atoms with Crippen LogP contribution in [0.15, 0.2) is 30.3 Å². The van der Waals surface area contributed by atoms with Crippen molar-refractivity contribution in [3.63, 3.8) is 0 Å². The van der Waals surface area contributed by atoms with Crippen molar-refractivity contribution in [2.75, 3.05) is 13.1 Å². The second kappa shape index (κ2) is 5.79. The van der Waals surface area contributed by atoms with E-state index in [2.05, 4.69) is 0 Å². The Labute approximate surface area is 107 Å². The van der Waals surface area contributed by atoms with Crippen LogP contribution >= 0.6 is 0 Å². The van der Waals surface area contributed by atoms with Gasteiger partial charge in [-0.25, -0.2) is 0 Å². The third-order valence-corrected chi connectivity index (χ3v) is 4.07. The lowest BCUT2D eigenvalue weighted by molar-refractivity contribution is 0.00922. The first-order valence-corrected chi connectivity index (χ1v) is 7.33. The largest absolute Gasteiger partial charge is 0.373 e. The van der Waals surface area contributed by atoms with E-state index in [0.29, 0.717) is 32.5 Å². The van der Waals surface area contributed by atoms with Gasteiger partial charge in [0.1, 0.15) is 0 Å². The molecule has 0 atom stereocenters. The maximum atomic E-state index is 10.9. The second-order valence-electron chi connectivity index (χ2n) is 4.37. The van der Waals surface area contributed by atoms with Gasteiger partial charge >= 0.3 is 10.3 Å². The molecule has 1 aromatic carbocycles. The molecule has 0 bridgehead atoms. The van der Waals surface area contributed by atoms with Crippen molar-refractivity contribution >= 4 is 10.3 Å². The zero-order valence-corrected chi connectivity index (χ0v) is 10.8. The highest BCUT2D eigenvalue weighted by Crippen LogP contribution is 2.17. The average Bonchev–Trinajstić information content (AvgIpc) is 2.37. The van der Waals surface area contributed by atoms with Gasteiger partial charge in [0.25, 0.3) is 0 Å². The maximum Gasteiger partial charge on any atom is 0.335 e. The molecule has 1 aliphatic rings. The van der Waals surface area contributed by atoms with Crippen LogP contribution in [0.1, 0.15) is 18.4 Å². The van der Waals surface area contributed by atoms with E-state index in [-0.39, 0.29) is 6.10 Å². The highest BCUT2D eigenvalue weighted by Gasteiger charge is 2.26. The molecule has 1 saturated heterocycles. The van der Waals surface area contributed by atoms with Crippen LogP contribution in [-0.2, 0) is 21.6 Å². The van der Waals surface area contributed by atoms with E-state index >= 15 is 0 Å². The predicted molar refractivity (Wildman–Crippen MR) is 67.4 cm³/mol. The van der Waals surface area contributed by atoms with Crippen molar-refractivity contribution in [3.05, 3.63) is 35.9 Å². The van der Waals surface area contributed by atoms with Crippen LogP contribution in [0.4, 0.5) is 0 Å². The molecule has 18 heavy (non-hydrogen) atoms. The van der Waals surface area contributed by atoms with E-state index in [0.717, 1.165) is 9.87 Å². The molecular weight excluding hydrogens is 254 g/mol. The summed E-state index contributed by atoms with van der Waals surface area (Å²) >= 11 is 0. The summed E-state index contributed by atoms with van der Waals surface area (Å²) in [5.41, 5.74) is 1.11. The number of nitrogens with zero attached hydrogens (tertiary/aromatic N) is 1. The Morgan fingerprint density at radius 1 is 1.22 bits per heavy atom. The van der Waals surface area contributed by atoms with E-state index in [1.165, 1.54) is 0 Å². The topological polar surface area (TPSA) is 66.8 Å². The number of piperidine rings is 1. The Bertz CT molecular complexity index is 466. The minimum atomic E-state index is -4.04. The molecule has 0 spiro atoms. The Morgan fingerprint density at radius 3 is 2.39 bits per heavy atom. The quantitative estimate of drug-likeness (QED) is 0.842. The molecule has 100 valence electrons. The van der Waals surface area contributed by atoms with Crippen LogP contribution in [0, 0.1) is 0 Å². The highest BCUT2D eigenvalue weighted by atomic mass is 32.2. The summed E-state index contributed by atoms with van der Waals surface area (Å²) in [6.45, 7) is 1.17. The van der Waals surface area contributed by atoms with E-state index in [9.17, 15) is 8.42 Å². The molecule has 1 fully saturated rings. The van der Waals surface area contributed by atoms with Crippen molar-refractivity contribution in [1.29, 1.82) is 0 Å². The Kier molecular flexibility index (Phi) is 4.34. The van der Waals surface area contributed by atoms with Crippen molar-refractivity contribution < 1.29 is 17.7 Å². The van der Waals surface area contributed by atoms with Gasteiger partial charge in [0.15, 0.2) is 0 Å². The third-order valence-electron chi connectivity index (χ3n) is 3.06. The third kappa shape index (κ3) is 3.78. The molecule has 5 nitrogen and oxygen atoms in total. The molecule has 1 heterocycles. The molecule has 0 aliphatic carbocycles. The van der Waals surface area contributed by atoms with Gasteiger partial charge in [0.05, 0.1) is 12.7 Å². The van der Waals surface area contributed by atoms with Crippen LogP contribution in [-0.4, -0.2) is 36.5 Å². The molecule has 0 saturated carbocycles. The van der Waals surface area contributed by atoms with Gasteiger partial charge in [-0.3, -0.25) is 4.55 Å². The Morgan fingerprint density at radius 2 is 1.83 bits per heavy atom. The van der Waals surface area contributed by atoms with Gasteiger partial charge in [0, 0.05) is 13.1 Å². The first-order valence-electron chi connectivity index (χ1n) is 5.94. The highest BCUT2D eigenvalue weighted by molar-refractivity contribution is 7.83. The van der Waals surface area contributed by atoms with Gasteiger partial charge in [-0.1, -0.05) is 30.3 Å². The summed E-state index contributed by atoms with van der Waals surface area (Å²) in [5.74, 6) is 0. The Hall–Kier alpha value is -0.950. The number of ether oxygens (including phenoxy) is 1. The van der Waals surface area contributed by atoms with Crippen LogP contribution in [0.5, 0.6) is 0 Å². The van der Waals surface area contributed by atoms with Crippen molar-refractivity contribution in [1.82, 2.24) is 4.31 Å². The van der Waals surface area contributed by atoms with E-state index < -0.39 is 10.3 Å². The van der Waals surface area contributed by atoms with Crippen molar-refractivity contribution in [2.45, 2.75) is 25.6 Å². The maximum absolute atomic E-state index is 10.9. The molecule has 6 heteroatoms. The smallest absolute Gasteiger partial charge is 0.335 e. The summed E-state index contributed by atoms with van der Waals surface area (Å²) in [6, 6.07) is 9.86. The van der Waals surface area contributed by atoms with Gasteiger partial charge < -0.3 is 4.74 Å². The molecule has 1 aromatic rings. The molecule has 0 unspecified atom stereocenters. The number of hydrogen-bond acceptors (Lipinski definition) is 3. The standard InChI is InChI=1S/C12H17NO4S/c14-18(15,16)13-8-6-12(7-9-13)17-10-11-4-2-1-3-5-11/h1-5,12H,6-10H2,(H,14,15,16). The normalized spacial score (nSPS) is 18.9. The lowest BCUT2D eigenvalue weighted by Gasteiger charge is -2.29. The van der Waals surface area contributed by atoms with Crippen molar-refractivity contribution in [2.24, 2.45) is 0 Å². The second-order valence-corrected chi connectivity index (χ2v) is 5.78. The van der Waals surface area contributed by atoms with Gasteiger partial charge in [-0.05, 0) is 18.4 Å². The fourth-order valence-corrected chi connectivity index (χ4v) is 2.69. The van der Waals surface area contributed by atoms with Gasteiger partial charge in [0.2, 0.25) is 0 Å². The lowest BCUT2D eigenvalue weighted by atomic mass is 10.1. The zero-order valence-electron chi connectivity index (χ0n) is 10.0. The van der Waals surface area contributed by atoms with Crippen LogP contribution in [0.2, 0.25) is 0 Å². The van der Waals surface area contributed by atoms with Crippen LogP contribution in [0.3, 0.4) is 0 Å². The summed E-state index contributed by atoms with van der Waals surface area (Å²) in [6.07, 6.45) is 1.29. The Balaban J connectivity index is 1.78. The fraction of sp³-hybridized carbons (Fsp3) is 0.500. The first kappa shape index (κ1) is 13.5.